The molecule has 0 fully saturated rings. The molecule has 3 aromatic heterocycles. The van der Waals surface area contributed by atoms with Crippen LogP contribution in [0.15, 0.2) is 141 Å². The maximum Gasteiger partial charge on any atom is 2.00 e. The van der Waals surface area contributed by atoms with Crippen molar-refractivity contribution in [2.75, 3.05) is 0 Å². The third-order valence-electron chi connectivity index (χ3n) is 10.5. The molecule has 16 nitrogen and oxygen atoms in total. The molecule has 2 N–H and O–H groups in total. The van der Waals surface area contributed by atoms with E-state index in [1.54, 1.807) is 48.6 Å². The summed E-state index contributed by atoms with van der Waals surface area (Å²) in [6.07, 6.45) is 6.79. The largest absolute Gasteiger partial charge is 2.00 e. The molecule has 4 aromatic carbocycles. The van der Waals surface area contributed by atoms with Crippen molar-refractivity contribution in [2.45, 2.75) is 19.6 Å². The third kappa shape index (κ3) is 9.48. The van der Waals surface area contributed by atoms with Crippen LogP contribution in [0, 0.1) is 0 Å². The molecule has 2 aliphatic heterocycles. The van der Waals surface area contributed by atoms with Crippen molar-refractivity contribution in [1.29, 1.82) is 0 Å². The SMILES string of the molecule is O=S(=O)([O-])c1ccc(-c2c3nc(c(-c4ccc(S(=O)(=O)[O-])cc4)c4ccc([nH]4)c(-c4ccc(S(=O)(=O)[O-])cc4)c4nc(c(-c5ccc(S(=O)(=O)[O-])cc5)c5ccc2[nH]5)C=C4)C=C3)cc1.[Zn+2].[Zn+2]. The Hall–Kier alpha value is -5.63. The summed E-state index contributed by atoms with van der Waals surface area (Å²) in [7, 11) is -19.2. The van der Waals surface area contributed by atoms with Crippen molar-refractivity contribution in [2.24, 2.45) is 0 Å². The second kappa shape index (κ2) is 17.9. The average Bonchev–Trinajstić information content (AvgIpc) is 4.08. The molecule has 7 aromatic rings. The fourth-order valence-corrected chi connectivity index (χ4v) is 9.45. The number of rotatable bonds is 8. The Morgan fingerprint density at radius 1 is 0.303 bits per heavy atom. The van der Waals surface area contributed by atoms with Gasteiger partial charge in [0.2, 0.25) is 0 Å². The van der Waals surface area contributed by atoms with Gasteiger partial charge in [0.25, 0.3) is 0 Å². The van der Waals surface area contributed by atoms with Crippen LogP contribution in [-0.2, 0) is 79.4 Å². The number of aromatic nitrogens is 4. The number of aromatic amines is 2. The minimum absolute atomic E-state index is 0. The van der Waals surface area contributed by atoms with Gasteiger partial charge in [0.1, 0.15) is 40.5 Å². The minimum Gasteiger partial charge on any atom is -0.744 e. The topological polar surface area (TPSA) is 286 Å². The predicted molar refractivity (Wildman–Crippen MR) is 232 cm³/mol. The molecule has 0 saturated heterocycles. The van der Waals surface area contributed by atoms with E-state index >= 15 is 0 Å². The monoisotopic (exact) mass is 1060 g/mol. The van der Waals surface area contributed by atoms with E-state index in [0.717, 1.165) is 0 Å². The molecule has 0 atom stereocenters. The second-order valence-corrected chi connectivity index (χ2v) is 19.9. The van der Waals surface area contributed by atoms with E-state index in [2.05, 4.69) is 9.97 Å². The van der Waals surface area contributed by atoms with Gasteiger partial charge in [-0.1, -0.05) is 48.5 Å². The number of H-pyrrole nitrogens is 2. The van der Waals surface area contributed by atoms with Crippen molar-refractivity contribution in [3.05, 3.63) is 144 Å². The fourth-order valence-electron chi connectivity index (χ4n) is 7.57. The number of hydrogen-bond donors (Lipinski definition) is 2. The molecule has 8 bridgehead atoms. The molecule has 9 rings (SSSR count). The van der Waals surface area contributed by atoms with Crippen LogP contribution in [0.4, 0.5) is 0 Å². The second-order valence-electron chi connectivity index (χ2n) is 14.4. The molecule has 0 aliphatic carbocycles. The maximum absolute atomic E-state index is 11.9. The Kier molecular flexibility index (Phi) is 13.1. The van der Waals surface area contributed by atoms with Gasteiger partial charge in [-0.3, -0.25) is 0 Å². The van der Waals surface area contributed by atoms with E-state index in [0.29, 0.717) is 89.4 Å². The quantitative estimate of drug-likeness (QED) is 0.115. The summed E-state index contributed by atoms with van der Waals surface area (Å²) >= 11 is 0. The van der Waals surface area contributed by atoms with Crippen molar-refractivity contribution in [1.82, 2.24) is 19.9 Å². The van der Waals surface area contributed by atoms with Gasteiger partial charge in [0.15, 0.2) is 0 Å². The fraction of sp³-hybridized carbons (Fsp3) is 0. The van der Waals surface area contributed by atoms with Crippen LogP contribution in [-0.4, -0.2) is 71.8 Å². The molecule has 5 heterocycles. The Morgan fingerprint density at radius 3 is 0.652 bits per heavy atom. The van der Waals surface area contributed by atoms with Gasteiger partial charge in [-0.25, -0.2) is 43.6 Å². The summed E-state index contributed by atoms with van der Waals surface area (Å²) in [5.74, 6) is 0. The number of fused-ring (bicyclic) bond motifs is 8. The molecule has 0 radical (unpaired) electrons. The standard InChI is InChI=1S/C44H30N4O12S4.2Zn/c49-61(50,51)29-9-1-25(2-10-29)41-33-17-19-35(45-33)42(26-3-11-30(12-4-26)62(52,53)54)37-21-23-39(47-37)44(28-7-15-32(16-8-28)64(58,59)60)40-24-22-38(48-40)43(36-20-18-34(41)46-36)27-5-13-31(14-6-27)63(55,56)57;;/h1-24,45,48H,(H,49,50,51)(H,52,53,54)(H,55,56,57)(H,58,59,60);;/q;2*+2/p-4. The van der Waals surface area contributed by atoms with Crippen LogP contribution in [0.25, 0.3) is 90.9 Å². The first-order valence-corrected chi connectivity index (χ1v) is 24.3. The summed E-state index contributed by atoms with van der Waals surface area (Å²) in [5.41, 5.74) is 6.76. The molecule has 0 amide bonds. The molecular formula is C44H26N4O12S4Zn2. The van der Waals surface area contributed by atoms with Crippen LogP contribution in [0.5, 0.6) is 0 Å². The van der Waals surface area contributed by atoms with Gasteiger partial charge >= 0.3 is 39.0 Å². The van der Waals surface area contributed by atoms with Gasteiger partial charge in [-0.2, -0.15) is 0 Å². The first-order valence-electron chi connectivity index (χ1n) is 18.6. The van der Waals surface area contributed by atoms with Crippen LogP contribution in [0.1, 0.15) is 22.8 Å². The maximum atomic E-state index is 11.9. The van der Waals surface area contributed by atoms with Gasteiger partial charge in [-0.15, -0.1) is 0 Å². The number of nitrogens with zero attached hydrogens (tertiary/aromatic N) is 2. The van der Waals surface area contributed by atoms with Crippen LogP contribution < -0.4 is 0 Å². The smallest absolute Gasteiger partial charge is 0.744 e. The third-order valence-corrected chi connectivity index (χ3v) is 13.9. The molecule has 2 aliphatic rings. The molecule has 66 heavy (non-hydrogen) atoms. The summed E-state index contributed by atoms with van der Waals surface area (Å²) < 4.78 is 143. The Morgan fingerprint density at radius 2 is 0.485 bits per heavy atom. The molecule has 0 saturated carbocycles. The van der Waals surface area contributed by atoms with Crippen LogP contribution >= 0.6 is 0 Å². The summed E-state index contributed by atoms with van der Waals surface area (Å²) in [4.78, 5) is 15.0. The number of hydrogen-bond acceptors (Lipinski definition) is 14. The Balaban J connectivity index is 0.00000324. The zero-order valence-corrected chi connectivity index (χ0v) is 42.9. The zero-order valence-electron chi connectivity index (χ0n) is 33.7. The van der Waals surface area contributed by atoms with E-state index in [-0.39, 0.29) is 39.0 Å². The van der Waals surface area contributed by atoms with E-state index in [1.807, 2.05) is 0 Å². The van der Waals surface area contributed by atoms with Crippen molar-refractivity contribution < 1.29 is 90.8 Å². The van der Waals surface area contributed by atoms with E-state index in [4.69, 9.17) is 9.97 Å². The molecular weight excluding hydrogens is 1040 g/mol. The number of benzene rings is 4. The Bertz CT molecular complexity index is 3310. The van der Waals surface area contributed by atoms with Crippen molar-refractivity contribution in [3.8, 4) is 44.5 Å². The van der Waals surface area contributed by atoms with Crippen LogP contribution in [0.2, 0.25) is 0 Å². The first kappa shape index (κ1) is 48.3. The first-order chi connectivity index (χ1) is 30.2. The number of nitrogens with one attached hydrogen (secondary N) is 2. The Labute approximate surface area is 402 Å². The summed E-state index contributed by atoms with van der Waals surface area (Å²) in [5, 5.41) is 0. The normalized spacial score (nSPS) is 12.7. The zero-order chi connectivity index (χ0) is 45.3. The predicted octanol–water partition coefficient (Wildman–Crippen LogP) is 6.94. The van der Waals surface area contributed by atoms with E-state index in [9.17, 15) is 51.9 Å². The summed E-state index contributed by atoms with van der Waals surface area (Å²) in [6, 6.07) is 27.8. The molecule has 0 spiro atoms. The van der Waals surface area contributed by atoms with Gasteiger partial charge in [0, 0.05) is 44.3 Å². The van der Waals surface area contributed by atoms with Gasteiger partial charge in [-0.05, 0) is 119 Å². The molecule has 0 unspecified atom stereocenters. The van der Waals surface area contributed by atoms with E-state index in [1.165, 1.54) is 97.1 Å². The minimum atomic E-state index is -4.81. The molecule has 322 valence electrons. The average molecular weight is 1060 g/mol. The molecule has 22 heteroatoms. The summed E-state index contributed by atoms with van der Waals surface area (Å²) in [6.45, 7) is 0. The van der Waals surface area contributed by atoms with Gasteiger partial charge in [0.05, 0.1) is 42.4 Å². The van der Waals surface area contributed by atoms with E-state index < -0.39 is 60.1 Å². The van der Waals surface area contributed by atoms with Crippen LogP contribution in [0.3, 0.4) is 0 Å². The van der Waals surface area contributed by atoms with Crippen molar-refractivity contribution in [3.63, 3.8) is 0 Å². The van der Waals surface area contributed by atoms with Gasteiger partial charge < -0.3 is 28.2 Å². The van der Waals surface area contributed by atoms with Crippen molar-refractivity contribution >= 4 is 86.8 Å².